The molecule has 1 aromatic heterocycles. The first-order chi connectivity index (χ1) is 21.8. The molecule has 46 heavy (non-hydrogen) atoms. The summed E-state index contributed by atoms with van der Waals surface area (Å²) in [6.45, 7) is 7.36. The highest BCUT2D eigenvalue weighted by atomic mass is 16.4. The molecule has 6 N–H and O–H groups in total. The molecule has 2 aliphatic heterocycles. The summed E-state index contributed by atoms with van der Waals surface area (Å²) in [5.41, 5.74) is 1.25. The van der Waals surface area contributed by atoms with Crippen molar-refractivity contribution in [1.29, 1.82) is 5.26 Å². The summed E-state index contributed by atoms with van der Waals surface area (Å²) in [6.07, 6.45) is 0.00736. The molecule has 0 bridgehead atoms. The van der Waals surface area contributed by atoms with Crippen LogP contribution in [0, 0.1) is 23.2 Å². The van der Waals surface area contributed by atoms with Crippen LogP contribution in [0.4, 0.5) is 0 Å². The molecular formula is C32H41N7O7. The number of aliphatic carboxylic acids is 1. The molecule has 2 aliphatic rings. The predicted molar refractivity (Wildman–Crippen MR) is 166 cm³/mol. The van der Waals surface area contributed by atoms with E-state index in [1.165, 1.54) is 4.90 Å². The molecule has 2 fully saturated rings. The zero-order chi connectivity index (χ0) is 33.7. The van der Waals surface area contributed by atoms with Gasteiger partial charge in [-0.15, -0.1) is 0 Å². The van der Waals surface area contributed by atoms with E-state index < -0.39 is 72.1 Å². The summed E-state index contributed by atoms with van der Waals surface area (Å²) in [5, 5.41) is 30.9. The second kappa shape index (κ2) is 14.4. The van der Waals surface area contributed by atoms with Crippen molar-refractivity contribution in [2.24, 2.45) is 11.8 Å². The lowest BCUT2D eigenvalue weighted by molar-refractivity contribution is -0.146. The Balaban J connectivity index is 1.81. The molecule has 5 amide bonds. The number of carbonyl (C=O) groups excluding carboxylic acids is 5. The van der Waals surface area contributed by atoms with Crippen LogP contribution in [-0.4, -0.2) is 87.2 Å². The minimum absolute atomic E-state index is 0.0547. The average Bonchev–Trinajstić information content (AvgIpc) is 3.62. The number of aromatic amines is 1. The van der Waals surface area contributed by atoms with Gasteiger partial charge in [0.05, 0.1) is 6.42 Å². The maximum absolute atomic E-state index is 13.9. The lowest BCUT2D eigenvalue weighted by Gasteiger charge is -2.30. The lowest BCUT2D eigenvalue weighted by Crippen LogP contribution is -2.59. The SMILES string of the molecule is CC(C)C[C@@H]1NC(=O)[C@@H](C(C)C)NC(=O)[C@@H]2CCCN2C(=O)[C@@H](CC(=O)O)NC(=O)[C@@H](Cc2c(C#N)[nH]c3ccccc23)NC1=O. The van der Waals surface area contributed by atoms with Crippen molar-refractivity contribution in [3.05, 3.63) is 35.5 Å². The lowest BCUT2D eigenvalue weighted by atomic mass is 9.98. The van der Waals surface area contributed by atoms with E-state index in [0.29, 0.717) is 22.9 Å². The van der Waals surface area contributed by atoms with E-state index in [9.17, 15) is 39.1 Å². The number of carbonyl (C=O) groups is 6. The van der Waals surface area contributed by atoms with Gasteiger partial charge in [-0.25, -0.2) is 0 Å². The average molecular weight is 636 g/mol. The van der Waals surface area contributed by atoms with Crippen LogP contribution in [0.1, 0.15) is 64.6 Å². The van der Waals surface area contributed by atoms with E-state index in [1.54, 1.807) is 38.1 Å². The molecule has 5 atom stereocenters. The maximum atomic E-state index is 13.9. The van der Waals surface area contributed by atoms with Crippen LogP contribution < -0.4 is 21.3 Å². The molecule has 14 nitrogen and oxygen atoms in total. The number of aromatic nitrogens is 1. The summed E-state index contributed by atoms with van der Waals surface area (Å²) < 4.78 is 0. The van der Waals surface area contributed by atoms with Crippen LogP contribution in [0.15, 0.2) is 24.3 Å². The second-order valence-electron chi connectivity index (χ2n) is 12.7. The Hall–Kier alpha value is -4.93. The Morgan fingerprint density at radius 2 is 1.59 bits per heavy atom. The first-order valence-corrected chi connectivity index (χ1v) is 15.5. The Morgan fingerprint density at radius 3 is 2.24 bits per heavy atom. The number of H-pyrrole nitrogens is 1. The number of benzene rings is 1. The van der Waals surface area contributed by atoms with Crippen molar-refractivity contribution in [2.75, 3.05) is 6.54 Å². The Labute approximate surface area is 266 Å². The van der Waals surface area contributed by atoms with Crippen LogP contribution in [0.25, 0.3) is 10.9 Å². The van der Waals surface area contributed by atoms with Crippen molar-refractivity contribution >= 4 is 46.4 Å². The molecule has 2 aromatic rings. The van der Waals surface area contributed by atoms with Gasteiger partial charge in [-0.2, -0.15) is 5.26 Å². The number of carboxylic acid groups (broad SMARTS) is 1. The fraction of sp³-hybridized carbons (Fsp3) is 0.531. The van der Waals surface area contributed by atoms with E-state index in [0.717, 1.165) is 0 Å². The van der Waals surface area contributed by atoms with Gasteiger partial charge in [0.2, 0.25) is 29.5 Å². The first kappa shape index (κ1) is 34.0. The number of fused-ring (bicyclic) bond motifs is 2. The molecule has 14 heteroatoms. The van der Waals surface area contributed by atoms with Gasteiger partial charge in [-0.3, -0.25) is 28.8 Å². The number of amides is 5. The number of nitrogens with one attached hydrogen (secondary N) is 5. The summed E-state index contributed by atoms with van der Waals surface area (Å²) in [7, 11) is 0. The monoisotopic (exact) mass is 635 g/mol. The van der Waals surface area contributed by atoms with Gasteiger partial charge in [0.25, 0.3) is 0 Å². The topological polar surface area (TPSA) is 214 Å². The zero-order valence-electron chi connectivity index (χ0n) is 26.4. The number of rotatable bonds is 7. The van der Waals surface area contributed by atoms with Crippen LogP contribution >= 0.6 is 0 Å². The highest BCUT2D eigenvalue weighted by Crippen LogP contribution is 2.24. The molecule has 2 saturated heterocycles. The third kappa shape index (κ3) is 7.64. The third-order valence-corrected chi connectivity index (χ3v) is 8.39. The fourth-order valence-corrected chi connectivity index (χ4v) is 6.09. The minimum Gasteiger partial charge on any atom is -0.481 e. The molecule has 246 valence electrons. The minimum atomic E-state index is -1.55. The number of carboxylic acids is 1. The second-order valence-corrected chi connectivity index (χ2v) is 12.7. The Bertz CT molecular complexity index is 1560. The first-order valence-electron chi connectivity index (χ1n) is 15.5. The smallest absolute Gasteiger partial charge is 0.305 e. The van der Waals surface area contributed by atoms with Gasteiger partial charge in [-0.05, 0) is 42.7 Å². The van der Waals surface area contributed by atoms with Gasteiger partial charge < -0.3 is 36.3 Å². The number of para-hydroxylation sites is 1. The zero-order valence-corrected chi connectivity index (χ0v) is 26.4. The van der Waals surface area contributed by atoms with Crippen molar-refractivity contribution in [1.82, 2.24) is 31.2 Å². The van der Waals surface area contributed by atoms with E-state index in [-0.39, 0.29) is 43.3 Å². The largest absolute Gasteiger partial charge is 0.481 e. The summed E-state index contributed by atoms with van der Waals surface area (Å²) in [4.78, 5) is 84.7. The fourth-order valence-electron chi connectivity index (χ4n) is 6.09. The van der Waals surface area contributed by atoms with Crippen LogP contribution in [0.2, 0.25) is 0 Å². The van der Waals surface area contributed by atoms with Gasteiger partial charge in [0.1, 0.15) is 42.0 Å². The van der Waals surface area contributed by atoms with Crippen molar-refractivity contribution < 1.29 is 33.9 Å². The van der Waals surface area contributed by atoms with Gasteiger partial charge in [0.15, 0.2) is 0 Å². The van der Waals surface area contributed by atoms with Crippen LogP contribution in [0.3, 0.4) is 0 Å². The predicted octanol–water partition coefficient (Wildman–Crippen LogP) is 0.703. The molecule has 0 unspecified atom stereocenters. The van der Waals surface area contributed by atoms with E-state index in [2.05, 4.69) is 32.3 Å². The number of nitrogens with zero attached hydrogens (tertiary/aromatic N) is 2. The summed E-state index contributed by atoms with van der Waals surface area (Å²) in [6, 6.07) is 3.12. The van der Waals surface area contributed by atoms with Crippen molar-refractivity contribution in [2.45, 2.75) is 90.0 Å². The molecule has 0 radical (unpaired) electrons. The Morgan fingerprint density at radius 1 is 0.935 bits per heavy atom. The third-order valence-electron chi connectivity index (χ3n) is 8.39. The highest BCUT2D eigenvalue weighted by Gasteiger charge is 2.41. The van der Waals surface area contributed by atoms with Crippen LogP contribution in [-0.2, 0) is 35.2 Å². The molecule has 0 spiro atoms. The van der Waals surface area contributed by atoms with Crippen molar-refractivity contribution in [3.8, 4) is 6.07 Å². The van der Waals surface area contributed by atoms with E-state index in [1.807, 2.05) is 13.8 Å². The number of hydrogen-bond donors (Lipinski definition) is 6. The molecule has 1 aromatic carbocycles. The normalized spacial score (nSPS) is 24.8. The quantitative estimate of drug-likeness (QED) is 0.254. The highest BCUT2D eigenvalue weighted by molar-refractivity contribution is 5.99. The molecule has 0 saturated carbocycles. The standard InChI is InChI=1S/C32H41N7O7/c1-16(2)12-21-28(42)35-22(13-19-18-8-5-6-9-20(18)34-24(19)15-33)29(43)37-23(14-26(40)41)32(46)39-11-7-10-25(39)30(44)38-27(17(3)4)31(45)36-21/h5-6,8-9,16-17,21-23,25,27,34H,7,10-14H2,1-4H3,(H,35,42)(H,36,45)(H,37,43)(H,38,44)(H,40,41)/t21-,22+,23+,25-,27+/m0/s1. The summed E-state index contributed by atoms with van der Waals surface area (Å²) in [5.74, 6) is -5.27. The number of hydrogen-bond acceptors (Lipinski definition) is 7. The molecule has 0 aliphatic carbocycles. The molecule has 3 heterocycles. The maximum Gasteiger partial charge on any atom is 0.305 e. The Kier molecular flexibility index (Phi) is 10.7. The van der Waals surface area contributed by atoms with E-state index in [4.69, 9.17) is 0 Å². The number of nitriles is 1. The molecular weight excluding hydrogens is 594 g/mol. The van der Waals surface area contributed by atoms with Gasteiger partial charge in [0, 0.05) is 23.9 Å². The van der Waals surface area contributed by atoms with Gasteiger partial charge >= 0.3 is 5.97 Å². The van der Waals surface area contributed by atoms with E-state index >= 15 is 0 Å². The van der Waals surface area contributed by atoms with Gasteiger partial charge in [-0.1, -0.05) is 45.9 Å². The van der Waals surface area contributed by atoms with Crippen LogP contribution in [0.5, 0.6) is 0 Å². The summed E-state index contributed by atoms with van der Waals surface area (Å²) >= 11 is 0. The van der Waals surface area contributed by atoms with Crippen molar-refractivity contribution in [3.63, 3.8) is 0 Å². The molecule has 4 rings (SSSR count).